The lowest BCUT2D eigenvalue weighted by Gasteiger charge is -2.27. The zero-order chi connectivity index (χ0) is 12.8. The molecule has 98 valence electrons. The van der Waals surface area contributed by atoms with Crippen molar-refractivity contribution in [3.63, 3.8) is 0 Å². The summed E-state index contributed by atoms with van der Waals surface area (Å²) in [4.78, 5) is 4.38. The van der Waals surface area contributed by atoms with Crippen LogP contribution in [-0.2, 0) is 11.3 Å². The fraction of sp³-hybridized carbons (Fsp3) is 0.769. The molecule has 2 unspecified atom stereocenters. The Morgan fingerprint density at radius 1 is 1.41 bits per heavy atom. The van der Waals surface area contributed by atoms with Crippen molar-refractivity contribution in [1.29, 1.82) is 0 Å². The summed E-state index contributed by atoms with van der Waals surface area (Å²) in [7, 11) is 0. The highest BCUT2D eigenvalue weighted by molar-refractivity contribution is 5.02. The van der Waals surface area contributed by atoms with Gasteiger partial charge in [0.05, 0.1) is 12.1 Å². The number of hydrogen-bond acceptors (Lipinski definition) is 3. The molecule has 1 heterocycles. The lowest BCUT2D eigenvalue weighted by atomic mass is 9.99. The maximum absolute atomic E-state index is 6.29. The van der Waals surface area contributed by atoms with Crippen molar-refractivity contribution < 1.29 is 4.74 Å². The predicted molar refractivity (Wildman–Crippen MR) is 69.7 cm³/mol. The third kappa shape index (κ3) is 3.54. The zero-order valence-electron chi connectivity index (χ0n) is 11.4. The van der Waals surface area contributed by atoms with Gasteiger partial charge in [0, 0.05) is 25.5 Å². The molecule has 2 atom stereocenters. The second kappa shape index (κ2) is 6.77. The van der Waals surface area contributed by atoms with Gasteiger partial charge < -0.3 is 15.0 Å². The number of ether oxygens (including phenoxy) is 1. The minimum Gasteiger partial charge on any atom is -0.376 e. The largest absolute Gasteiger partial charge is 0.376 e. The lowest BCUT2D eigenvalue weighted by Crippen LogP contribution is -2.35. The van der Waals surface area contributed by atoms with Crippen LogP contribution >= 0.6 is 0 Å². The summed E-state index contributed by atoms with van der Waals surface area (Å²) < 4.78 is 7.87. The van der Waals surface area contributed by atoms with Crippen LogP contribution in [0.5, 0.6) is 0 Å². The van der Waals surface area contributed by atoms with E-state index in [-0.39, 0.29) is 12.1 Å². The standard InChI is InChI=1S/C13H25N3O/c1-5-8-16-9-7-15-13(16)11(14)12(10(3)4)17-6-2/h7,9-12H,5-6,8,14H2,1-4H3. The van der Waals surface area contributed by atoms with Crippen molar-refractivity contribution in [2.45, 2.75) is 52.8 Å². The minimum absolute atomic E-state index is 0.0259. The minimum atomic E-state index is -0.156. The maximum Gasteiger partial charge on any atom is 0.128 e. The summed E-state index contributed by atoms with van der Waals surface area (Å²) in [5.74, 6) is 1.32. The normalized spacial score (nSPS) is 15.2. The summed E-state index contributed by atoms with van der Waals surface area (Å²) in [5.41, 5.74) is 6.29. The van der Waals surface area contributed by atoms with Crippen LogP contribution in [0.4, 0.5) is 0 Å². The van der Waals surface area contributed by atoms with Crippen molar-refractivity contribution in [2.75, 3.05) is 6.61 Å². The SMILES string of the molecule is CCCn1ccnc1C(N)C(OCC)C(C)C. The van der Waals surface area contributed by atoms with Crippen LogP contribution in [0.15, 0.2) is 12.4 Å². The van der Waals surface area contributed by atoms with E-state index in [1.54, 1.807) is 0 Å². The summed E-state index contributed by atoms with van der Waals surface area (Å²) >= 11 is 0. The average Bonchev–Trinajstić information content (AvgIpc) is 2.73. The fourth-order valence-corrected chi connectivity index (χ4v) is 2.10. The van der Waals surface area contributed by atoms with E-state index < -0.39 is 0 Å². The molecule has 0 aliphatic heterocycles. The van der Waals surface area contributed by atoms with Gasteiger partial charge in [0.25, 0.3) is 0 Å². The number of imidazole rings is 1. The molecular weight excluding hydrogens is 214 g/mol. The molecule has 0 aliphatic carbocycles. The molecule has 0 spiro atoms. The highest BCUT2D eigenvalue weighted by atomic mass is 16.5. The average molecular weight is 239 g/mol. The molecular formula is C13H25N3O. The van der Waals surface area contributed by atoms with E-state index in [4.69, 9.17) is 10.5 Å². The van der Waals surface area contributed by atoms with Crippen LogP contribution in [0.2, 0.25) is 0 Å². The smallest absolute Gasteiger partial charge is 0.128 e. The van der Waals surface area contributed by atoms with Crippen molar-refractivity contribution in [3.8, 4) is 0 Å². The number of rotatable bonds is 7. The van der Waals surface area contributed by atoms with E-state index in [0.29, 0.717) is 12.5 Å². The first kappa shape index (κ1) is 14.2. The van der Waals surface area contributed by atoms with Gasteiger partial charge in [-0.3, -0.25) is 0 Å². The zero-order valence-corrected chi connectivity index (χ0v) is 11.4. The topological polar surface area (TPSA) is 53.1 Å². The molecule has 1 aromatic rings. The quantitative estimate of drug-likeness (QED) is 0.794. The molecule has 0 bridgehead atoms. The number of aryl methyl sites for hydroxylation is 1. The Balaban J connectivity index is 2.84. The molecule has 1 aromatic heterocycles. The van der Waals surface area contributed by atoms with Gasteiger partial charge in [-0.05, 0) is 19.3 Å². The van der Waals surface area contributed by atoms with E-state index in [1.807, 2.05) is 19.3 Å². The second-order valence-corrected chi connectivity index (χ2v) is 4.67. The van der Waals surface area contributed by atoms with Crippen molar-refractivity contribution >= 4 is 0 Å². The van der Waals surface area contributed by atoms with Crippen LogP contribution in [0.1, 0.15) is 46.0 Å². The van der Waals surface area contributed by atoms with Crippen LogP contribution in [0, 0.1) is 5.92 Å². The van der Waals surface area contributed by atoms with Gasteiger partial charge in [-0.1, -0.05) is 20.8 Å². The van der Waals surface area contributed by atoms with Crippen LogP contribution < -0.4 is 5.73 Å². The van der Waals surface area contributed by atoms with Gasteiger partial charge >= 0.3 is 0 Å². The molecule has 0 saturated carbocycles. The molecule has 1 rings (SSSR count). The van der Waals surface area contributed by atoms with Gasteiger partial charge in [-0.25, -0.2) is 4.98 Å². The molecule has 0 radical (unpaired) electrons. The number of nitrogens with two attached hydrogens (primary N) is 1. The first-order valence-corrected chi connectivity index (χ1v) is 6.50. The summed E-state index contributed by atoms with van der Waals surface area (Å²) in [5, 5.41) is 0. The molecule has 0 aromatic carbocycles. The van der Waals surface area contributed by atoms with E-state index in [2.05, 4.69) is 30.3 Å². The molecule has 2 N–H and O–H groups in total. The Morgan fingerprint density at radius 2 is 2.12 bits per heavy atom. The monoisotopic (exact) mass is 239 g/mol. The van der Waals surface area contributed by atoms with Gasteiger partial charge in [0.15, 0.2) is 0 Å². The Labute approximate surface area is 104 Å². The van der Waals surface area contributed by atoms with Crippen molar-refractivity contribution in [3.05, 3.63) is 18.2 Å². The third-order valence-corrected chi connectivity index (χ3v) is 2.88. The fourth-order valence-electron chi connectivity index (χ4n) is 2.10. The molecule has 0 amide bonds. The molecule has 0 fully saturated rings. The van der Waals surface area contributed by atoms with E-state index in [1.165, 1.54) is 0 Å². The van der Waals surface area contributed by atoms with Crippen LogP contribution in [0.25, 0.3) is 0 Å². The lowest BCUT2D eigenvalue weighted by molar-refractivity contribution is 0.00954. The number of hydrogen-bond donors (Lipinski definition) is 1. The molecule has 17 heavy (non-hydrogen) atoms. The molecule has 4 nitrogen and oxygen atoms in total. The van der Waals surface area contributed by atoms with E-state index in [9.17, 15) is 0 Å². The highest BCUT2D eigenvalue weighted by Crippen LogP contribution is 2.21. The van der Waals surface area contributed by atoms with Gasteiger partial charge in [-0.15, -0.1) is 0 Å². The Bertz CT molecular complexity index is 322. The first-order chi connectivity index (χ1) is 8.11. The Kier molecular flexibility index (Phi) is 5.65. The second-order valence-electron chi connectivity index (χ2n) is 4.67. The van der Waals surface area contributed by atoms with Crippen LogP contribution in [0.3, 0.4) is 0 Å². The summed E-state index contributed by atoms with van der Waals surface area (Å²) in [6.45, 7) is 10.1. The first-order valence-electron chi connectivity index (χ1n) is 6.50. The molecule has 0 aliphatic rings. The predicted octanol–water partition coefficient (Wildman–Crippen LogP) is 2.35. The summed E-state index contributed by atoms with van der Waals surface area (Å²) in [6, 6.07) is -0.156. The third-order valence-electron chi connectivity index (χ3n) is 2.88. The van der Waals surface area contributed by atoms with E-state index in [0.717, 1.165) is 18.8 Å². The molecule has 0 saturated heterocycles. The van der Waals surface area contributed by atoms with Gasteiger partial charge in [-0.2, -0.15) is 0 Å². The summed E-state index contributed by atoms with van der Waals surface area (Å²) in [6.07, 6.45) is 4.91. The van der Waals surface area contributed by atoms with Gasteiger partial charge in [0.2, 0.25) is 0 Å². The van der Waals surface area contributed by atoms with Crippen molar-refractivity contribution in [1.82, 2.24) is 9.55 Å². The molecule has 4 heteroatoms. The maximum atomic E-state index is 6.29. The van der Waals surface area contributed by atoms with Gasteiger partial charge in [0.1, 0.15) is 5.82 Å². The van der Waals surface area contributed by atoms with Crippen LogP contribution in [-0.4, -0.2) is 22.3 Å². The Morgan fingerprint density at radius 3 is 2.65 bits per heavy atom. The number of nitrogens with zero attached hydrogens (tertiary/aromatic N) is 2. The Hall–Kier alpha value is -0.870. The highest BCUT2D eigenvalue weighted by Gasteiger charge is 2.26. The van der Waals surface area contributed by atoms with E-state index >= 15 is 0 Å². The number of aromatic nitrogens is 2. The van der Waals surface area contributed by atoms with Crippen molar-refractivity contribution in [2.24, 2.45) is 11.7 Å².